The van der Waals surface area contributed by atoms with Gasteiger partial charge in [0.15, 0.2) is 0 Å². The van der Waals surface area contributed by atoms with Gasteiger partial charge in [-0.2, -0.15) is 0 Å². The van der Waals surface area contributed by atoms with Gasteiger partial charge in [-0.3, -0.25) is 9.59 Å². The molecule has 31 heavy (non-hydrogen) atoms. The van der Waals surface area contributed by atoms with Crippen LogP contribution >= 0.6 is 0 Å². The van der Waals surface area contributed by atoms with Crippen molar-refractivity contribution in [3.05, 3.63) is 78.4 Å². The predicted octanol–water partition coefficient (Wildman–Crippen LogP) is 4.55. The van der Waals surface area contributed by atoms with Crippen LogP contribution < -0.4 is 26.0 Å². The molecule has 0 saturated carbocycles. The molecule has 0 unspecified atom stereocenters. The van der Waals surface area contributed by atoms with E-state index in [1.165, 1.54) is 14.0 Å². The van der Waals surface area contributed by atoms with Crippen molar-refractivity contribution in [1.29, 1.82) is 0 Å². The molecular weight excluding hydrogens is 396 g/mol. The molecule has 8 nitrogen and oxygen atoms in total. The van der Waals surface area contributed by atoms with Gasteiger partial charge in [0, 0.05) is 29.5 Å². The number of methoxy groups -OCH3 is 1. The van der Waals surface area contributed by atoms with Gasteiger partial charge in [0.2, 0.25) is 5.91 Å². The molecule has 0 aliphatic carbocycles. The van der Waals surface area contributed by atoms with Gasteiger partial charge in [-0.15, -0.1) is 0 Å². The van der Waals surface area contributed by atoms with E-state index in [-0.39, 0.29) is 17.8 Å². The van der Waals surface area contributed by atoms with Crippen LogP contribution in [0.5, 0.6) is 5.75 Å². The molecule has 3 rings (SSSR count). The standard InChI is InChI=1S/C23H22N4O4/c1-15(28)24-19-12-13-21(31-2)20(14-19)27-22(29)16-8-10-18(11-9-16)26-23(30)25-17-6-4-3-5-7-17/h3-14H,1-2H3,(H,24,28)(H,27,29)(H2,25,26,30). The van der Waals surface area contributed by atoms with Gasteiger partial charge in [-0.25, -0.2) is 4.79 Å². The van der Waals surface area contributed by atoms with E-state index in [0.29, 0.717) is 34.1 Å². The van der Waals surface area contributed by atoms with E-state index in [1.54, 1.807) is 54.6 Å². The van der Waals surface area contributed by atoms with Crippen molar-refractivity contribution >= 4 is 40.6 Å². The smallest absolute Gasteiger partial charge is 0.323 e. The molecule has 0 fully saturated rings. The number of amides is 4. The number of hydrogen-bond donors (Lipinski definition) is 4. The average Bonchev–Trinajstić information content (AvgIpc) is 2.74. The molecule has 0 aliphatic rings. The van der Waals surface area contributed by atoms with Crippen molar-refractivity contribution in [2.75, 3.05) is 28.4 Å². The Hall–Kier alpha value is -4.33. The zero-order valence-electron chi connectivity index (χ0n) is 17.1. The summed E-state index contributed by atoms with van der Waals surface area (Å²) in [5, 5.41) is 10.9. The van der Waals surface area contributed by atoms with Crippen LogP contribution in [0.25, 0.3) is 0 Å². The van der Waals surface area contributed by atoms with Gasteiger partial charge in [0.05, 0.1) is 12.8 Å². The second-order valence-electron chi connectivity index (χ2n) is 6.57. The van der Waals surface area contributed by atoms with Crippen LogP contribution in [-0.4, -0.2) is 25.0 Å². The fraction of sp³-hybridized carbons (Fsp3) is 0.0870. The summed E-state index contributed by atoms with van der Waals surface area (Å²) < 4.78 is 5.27. The number of carbonyl (C=O) groups excluding carboxylic acids is 3. The van der Waals surface area contributed by atoms with Gasteiger partial charge >= 0.3 is 6.03 Å². The Bertz CT molecular complexity index is 1080. The second-order valence-corrected chi connectivity index (χ2v) is 6.57. The molecule has 0 radical (unpaired) electrons. The summed E-state index contributed by atoms with van der Waals surface area (Å²) in [4.78, 5) is 36.0. The molecule has 158 valence electrons. The third-order valence-corrected chi connectivity index (χ3v) is 4.20. The van der Waals surface area contributed by atoms with Crippen LogP contribution in [0.3, 0.4) is 0 Å². The number of para-hydroxylation sites is 1. The lowest BCUT2D eigenvalue weighted by Gasteiger charge is -2.13. The lowest BCUT2D eigenvalue weighted by Crippen LogP contribution is -2.19. The first-order valence-corrected chi connectivity index (χ1v) is 9.44. The van der Waals surface area contributed by atoms with Gasteiger partial charge in [-0.05, 0) is 54.6 Å². The first-order valence-electron chi connectivity index (χ1n) is 9.44. The third kappa shape index (κ3) is 6.07. The Morgan fingerprint density at radius 2 is 1.32 bits per heavy atom. The summed E-state index contributed by atoms with van der Waals surface area (Å²) in [6.07, 6.45) is 0. The van der Waals surface area contributed by atoms with Crippen LogP contribution in [0, 0.1) is 0 Å². The number of anilines is 4. The summed E-state index contributed by atoms with van der Waals surface area (Å²) in [5.41, 5.74) is 2.55. The molecule has 4 N–H and O–H groups in total. The molecule has 4 amide bonds. The first kappa shape index (κ1) is 21.4. The molecule has 0 bridgehead atoms. The lowest BCUT2D eigenvalue weighted by molar-refractivity contribution is -0.114. The Morgan fingerprint density at radius 3 is 1.94 bits per heavy atom. The summed E-state index contributed by atoms with van der Waals surface area (Å²) in [6.45, 7) is 1.40. The Kier molecular flexibility index (Phi) is 6.85. The second kappa shape index (κ2) is 9.93. The SMILES string of the molecule is COc1ccc(NC(C)=O)cc1NC(=O)c1ccc(NC(=O)Nc2ccccc2)cc1. The summed E-state index contributed by atoms with van der Waals surface area (Å²) in [7, 11) is 1.49. The number of urea groups is 1. The Morgan fingerprint density at radius 1 is 0.710 bits per heavy atom. The summed E-state index contributed by atoms with van der Waals surface area (Å²) in [6, 6.07) is 20.1. The number of rotatable bonds is 6. The molecule has 3 aromatic rings. The van der Waals surface area contributed by atoms with Gasteiger partial charge in [0.1, 0.15) is 5.75 Å². The summed E-state index contributed by atoms with van der Waals surface area (Å²) >= 11 is 0. The van der Waals surface area contributed by atoms with E-state index in [9.17, 15) is 14.4 Å². The molecule has 0 spiro atoms. The van der Waals surface area contributed by atoms with Crippen molar-refractivity contribution < 1.29 is 19.1 Å². The van der Waals surface area contributed by atoms with Gasteiger partial charge in [-0.1, -0.05) is 18.2 Å². The first-order chi connectivity index (χ1) is 14.9. The normalized spacial score (nSPS) is 10.0. The molecule has 8 heteroatoms. The Balaban J connectivity index is 1.65. The third-order valence-electron chi connectivity index (χ3n) is 4.20. The highest BCUT2D eigenvalue weighted by Crippen LogP contribution is 2.28. The minimum Gasteiger partial charge on any atom is -0.495 e. The predicted molar refractivity (Wildman–Crippen MR) is 121 cm³/mol. The van der Waals surface area contributed by atoms with Gasteiger partial charge < -0.3 is 26.0 Å². The average molecular weight is 418 g/mol. The molecule has 0 atom stereocenters. The van der Waals surface area contributed by atoms with Crippen molar-refractivity contribution in [2.45, 2.75) is 6.92 Å². The maximum Gasteiger partial charge on any atom is 0.323 e. The van der Waals surface area contributed by atoms with Gasteiger partial charge in [0.25, 0.3) is 5.91 Å². The lowest BCUT2D eigenvalue weighted by atomic mass is 10.1. The molecular formula is C23H22N4O4. The minimum absolute atomic E-state index is 0.221. The fourth-order valence-corrected chi connectivity index (χ4v) is 2.80. The zero-order chi connectivity index (χ0) is 22.2. The van der Waals surface area contributed by atoms with E-state index in [1.807, 2.05) is 18.2 Å². The monoisotopic (exact) mass is 418 g/mol. The largest absolute Gasteiger partial charge is 0.495 e. The van der Waals surface area contributed by atoms with Crippen molar-refractivity contribution in [1.82, 2.24) is 0 Å². The van der Waals surface area contributed by atoms with E-state index in [4.69, 9.17) is 4.74 Å². The molecule has 0 saturated heterocycles. The Labute approximate surface area is 179 Å². The highest BCUT2D eigenvalue weighted by molar-refractivity contribution is 6.06. The number of hydrogen-bond acceptors (Lipinski definition) is 4. The fourth-order valence-electron chi connectivity index (χ4n) is 2.80. The van der Waals surface area contributed by atoms with Crippen LogP contribution in [-0.2, 0) is 4.79 Å². The highest BCUT2D eigenvalue weighted by Gasteiger charge is 2.12. The molecule has 3 aromatic carbocycles. The molecule has 0 aromatic heterocycles. The van der Waals surface area contributed by atoms with Crippen LogP contribution in [0.15, 0.2) is 72.8 Å². The minimum atomic E-state index is -0.386. The van der Waals surface area contributed by atoms with Crippen molar-refractivity contribution in [2.24, 2.45) is 0 Å². The molecule has 0 aliphatic heterocycles. The van der Waals surface area contributed by atoms with Crippen LogP contribution in [0.1, 0.15) is 17.3 Å². The van der Waals surface area contributed by atoms with E-state index >= 15 is 0 Å². The van der Waals surface area contributed by atoms with Crippen LogP contribution in [0.4, 0.5) is 27.5 Å². The zero-order valence-corrected chi connectivity index (χ0v) is 17.1. The maximum absolute atomic E-state index is 12.6. The van der Waals surface area contributed by atoms with Crippen molar-refractivity contribution in [3.8, 4) is 5.75 Å². The summed E-state index contributed by atoms with van der Waals surface area (Å²) in [5.74, 6) is -0.126. The van der Waals surface area contributed by atoms with Crippen molar-refractivity contribution in [3.63, 3.8) is 0 Å². The molecule has 0 heterocycles. The quantitative estimate of drug-likeness (QED) is 0.471. The number of carbonyl (C=O) groups is 3. The van der Waals surface area contributed by atoms with Crippen LogP contribution in [0.2, 0.25) is 0 Å². The number of nitrogens with one attached hydrogen (secondary N) is 4. The highest BCUT2D eigenvalue weighted by atomic mass is 16.5. The number of benzene rings is 3. The maximum atomic E-state index is 12.6. The van der Waals surface area contributed by atoms with E-state index < -0.39 is 0 Å². The topological polar surface area (TPSA) is 109 Å². The number of ether oxygens (including phenoxy) is 1. The van der Waals surface area contributed by atoms with E-state index in [0.717, 1.165) is 0 Å². The van der Waals surface area contributed by atoms with E-state index in [2.05, 4.69) is 21.3 Å².